The van der Waals surface area contributed by atoms with Gasteiger partial charge in [0.1, 0.15) is 24.7 Å². The SMILES string of the molecule is CC(C)(C)CCCCC(NCCO)C(=O)O.CCCOCCC(C)(C)C.CN(C)C(CCCCC(C)(C)C)C(=O)O.COCCOC(=O)NC(CCCCC(C)(C)C)C(=O)O. The van der Waals surface area contributed by atoms with Crippen LogP contribution in [-0.2, 0) is 28.6 Å². The molecule has 61 heavy (non-hydrogen) atoms. The fourth-order valence-electron chi connectivity index (χ4n) is 5.44. The summed E-state index contributed by atoms with van der Waals surface area (Å²) in [4.78, 5) is 46.0. The predicted octanol–water partition coefficient (Wildman–Crippen LogP) is 9.50. The highest BCUT2D eigenvalue weighted by atomic mass is 16.6. The molecule has 3 unspecified atom stereocenters. The van der Waals surface area contributed by atoms with Gasteiger partial charge < -0.3 is 45.3 Å². The van der Waals surface area contributed by atoms with Crippen LogP contribution in [-0.4, -0.2) is 128 Å². The third kappa shape index (κ3) is 53.5. The lowest BCUT2D eigenvalue weighted by Crippen LogP contribution is -2.41. The van der Waals surface area contributed by atoms with Gasteiger partial charge in [-0.25, -0.2) is 9.59 Å². The van der Waals surface area contributed by atoms with Crippen molar-refractivity contribution in [2.24, 2.45) is 21.7 Å². The molecule has 0 heterocycles. The van der Waals surface area contributed by atoms with Gasteiger partial charge in [-0.2, -0.15) is 0 Å². The zero-order valence-electron chi connectivity index (χ0n) is 42.0. The van der Waals surface area contributed by atoms with Crippen LogP contribution in [0.15, 0.2) is 0 Å². The Kier molecular flexibility index (Phi) is 39.4. The van der Waals surface area contributed by atoms with Crippen molar-refractivity contribution in [1.82, 2.24) is 15.5 Å². The number of hydrogen-bond acceptors (Lipinski definition) is 10. The summed E-state index contributed by atoms with van der Waals surface area (Å²) in [6, 6.07) is -1.75. The van der Waals surface area contributed by atoms with Gasteiger partial charge in [0.2, 0.25) is 0 Å². The van der Waals surface area contributed by atoms with Crippen LogP contribution >= 0.6 is 0 Å². The quantitative estimate of drug-likeness (QED) is 0.0426. The van der Waals surface area contributed by atoms with Crippen molar-refractivity contribution in [3.8, 4) is 0 Å². The summed E-state index contributed by atoms with van der Waals surface area (Å²) in [5.41, 5.74) is 1.34. The van der Waals surface area contributed by atoms with E-state index in [1.54, 1.807) is 4.90 Å². The maximum Gasteiger partial charge on any atom is 0.407 e. The molecule has 0 aliphatic heterocycles. The van der Waals surface area contributed by atoms with Gasteiger partial charge in [-0.15, -0.1) is 0 Å². The molecule has 0 bridgehead atoms. The Bertz CT molecular complexity index is 1090. The molecule has 0 aliphatic rings. The van der Waals surface area contributed by atoms with Crippen molar-refractivity contribution in [3.05, 3.63) is 0 Å². The first-order valence-corrected chi connectivity index (χ1v) is 22.6. The van der Waals surface area contributed by atoms with E-state index in [2.05, 4.69) is 101 Å². The van der Waals surface area contributed by atoms with Gasteiger partial charge >= 0.3 is 24.0 Å². The van der Waals surface area contributed by atoms with Crippen LogP contribution < -0.4 is 10.6 Å². The second-order valence-electron chi connectivity index (χ2n) is 20.9. The smallest absolute Gasteiger partial charge is 0.407 e. The van der Waals surface area contributed by atoms with Gasteiger partial charge in [-0.05, 0) is 87.1 Å². The van der Waals surface area contributed by atoms with E-state index in [4.69, 9.17) is 34.6 Å². The Labute approximate surface area is 373 Å². The first kappa shape index (κ1) is 65.1. The zero-order valence-corrected chi connectivity index (χ0v) is 42.0. The minimum Gasteiger partial charge on any atom is -0.480 e. The average molecular weight is 880 g/mol. The molecule has 0 aromatic rings. The number of carbonyl (C=O) groups excluding carboxylic acids is 1. The molecule has 1 amide bonds. The minimum atomic E-state index is -1.04. The summed E-state index contributed by atoms with van der Waals surface area (Å²) in [6.07, 6.45) is 12.4. The topological polar surface area (TPSA) is 204 Å². The summed E-state index contributed by atoms with van der Waals surface area (Å²) in [5, 5.41) is 40.7. The molecule has 3 atom stereocenters. The molecule has 0 spiro atoms. The highest BCUT2D eigenvalue weighted by molar-refractivity contribution is 5.79. The number of methoxy groups -OCH3 is 1. The van der Waals surface area contributed by atoms with Gasteiger partial charge in [0.15, 0.2) is 0 Å². The fraction of sp³-hybridized carbons (Fsp3) is 0.915. The normalized spacial score (nSPS) is 13.3. The number of aliphatic carboxylic acids is 3. The number of aliphatic hydroxyl groups is 1. The molecule has 0 radical (unpaired) electrons. The lowest BCUT2D eigenvalue weighted by molar-refractivity contribution is -0.143. The van der Waals surface area contributed by atoms with E-state index in [-0.39, 0.29) is 31.3 Å². The van der Waals surface area contributed by atoms with Crippen LogP contribution in [0.5, 0.6) is 0 Å². The summed E-state index contributed by atoms with van der Waals surface area (Å²) >= 11 is 0. The van der Waals surface area contributed by atoms with E-state index in [1.807, 2.05) is 14.1 Å². The maximum absolute atomic E-state index is 11.4. The van der Waals surface area contributed by atoms with Crippen LogP contribution in [0.2, 0.25) is 0 Å². The lowest BCUT2D eigenvalue weighted by atomic mass is 9.89. The minimum absolute atomic E-state index is 0.0221. The predicted molar refractivity (Wildman–Crippen MR) is 248 cm³/mol. The second kappa shape index (κ2) is 36.9. The van der Waals surface area contributed by atoms with E-state index in [0.717, 1.165) is 90.3 Å². The molecule has 0 aromatic carbocycles. The molecule has 0 fully saturated rings. The third-order valence-electron chi connectivity index (χ3n) is 9.16. The average Bonchev–Trinajstić information content (AvgIpc) is 3.09. The van der Waals surface area contributed by atoms with E-state index in [0.29, 0.717) is 35.6 Å². The number of nitrogens with one attached hydrogen (secondary N) is 2. The number of hydrogen-bond donors (Lipinski definition) is 6. The van der Waals surface area contributed by atoms with Crippen molar-refractivity contribution in [2.75, 3.05) is 60.8 Å². The number of carboxylic acids is 3. The van der Waals surface area contributed by atoms with Gasteiger partial charge in [0, 0.05) is 26.9 Å². The van der Waals surface area contributed by atoms with Crippen LogP contribution in [0.1, 0.15) is 180 Å². The number of aliphatic hydroxyl groups excluding tert-OH is 1. The van der Waals surface area contributed by atoms with Gasteiger partial charge in [-0.1, -0.05) is 129 Å². The Morgan fingerprint density at radius 3 is 1.34 bits per heavy atom. The highest BCUT2D eigenvalue weighted by Gasteiger charge is 2.22. The summed E-state index contributed by atoms with van der Waals surface area (Å²) in [7, 11) is 5.14. The van der Waals surface area contributed by atoms with Crippen LogP contribution in [0, 0.1) is 21.7 Å². The summed E-state index contributed by atoms with van der Waals surface area (Å²) in [5.74, 6) is -2.58. The fourth-order valence-corrected chi connectivity index (χ4v) is 5.44. The van der Waals surface area contributed by atoms with E-state index < -0.39 is 36.1 Å². The monoisotopic (exact) mass is 880 g/mol. The van der Waals surface area contributed by atoms with Crippen molar-refractivity contribution in [1.29, 1.82) is 0 Å². The van der Waals surface area contributed by atoms with Gasteiger partial charge in [0.25, 0.3) is 0 Å². The number of nitrogens with zero attached hydrogens (tertiary/aromatic N) is 1. The largest absolute Gasteiger partial charge is 0.480 e. The number of alkyl carbamates (subject to hydrolysis) is 1. The Morgan fingerprint density at radius 2 is 1.00 bits per heavy atom. The van der Waals surface area contributed by atoms with E-state index in [1.165, 1.54) is 7.11 Å². The molecule has 0 aromatic heterocycles. The first-order chi connectivity index (χ1) is 27.9. The number of ether oxygens (including phenoxy) is 3. The Morgan fingerprint density at radius 1 is 0.574 bits per heavy atom. The van der Waals surface area contributed by atoms with Crippen molar-refractivity contribution in [3.63, 3.8) is 0 Å². The van der Waals surface area contributed by atoms with Crippen LogP contribution in [0.3, 0.4) is 0 Å². The Hall–Kier alpha value is -2.52. The molecule has 14 heteroatoms. The molecular weight excluding hydrogens is 783 g/mol. The molecule has 0 aliphatic carbocycles. The van der Waals surface area contributed by atoms with Gasteiger partial charge in [0.05, 0.1) is 13.2 Å². The Balaban J connectivity index is -0.000000364. The van der Waals surface area contributed by atoms with Crippen molar-refractivity contribution >= 4 is 24.0 Å². The lowest BCUT2D eigenvalue weighted by Gasteiger charge is -2.21. The van der Waals surface area contributed by atoms with Gasteiger partial charge in [-0.3, -0.25) is 14.5 Å². The van der Waals surface area contributed by atoms with Crippen LogP contribution in [0.4, 0.5) is 4.79 Å². The molecule has 0 saturated carbocycles. The molecule has 0 saturated heterocycles. The first-order valence-electron chi connectivity index (χ1n) is 22.6. The summed E-state index contributed by atoms with van der Waals surface area (Å²) < 4.78 is 14.9. The van der Waals surface area contributed by atoms with E-state index >= 15 is 0 Å². The molecule has 366 valence electrons. The number of unbranched alkanes of at least 4 members (excludes halogenated alkanes) is 3. The van der Waals surface area contributed by atoms with Crippen LogP contribution in [0.25, 0.3) is 0 Å². The number of carboxylic acid groups (broad SMARTS) is 3. The number of amides is 1. The molecular formula is C47H97N3O11. The second-order valence-corrected chi connectivity index (χ2v) is 20.9. The zero-order chi connectivity index (χ0) is 48.3. The summed E-state index contributed by atoms with van der Waals surface area (Å²) in [6.45, 7) is 31.0. The highest BCUT2D eigenvalue weighted by Crippen LogP contribution is 2.24. The standard InChI is InChI=1S/C14H27NO5.C12H25NO3.C12H25NO2.C9H20O/c1-14(2,3)8-6-5-7-11(12(16)17)15-13(18)20-10-9-19-4;1-12(2,3)7-5-4-6-10(11(15)16)13-8-9-14;1-12(2,3)9-7-6-8-10(11(14)15)13(4)5;1-5-7-10-8-6-9(2,3)4/h11H,5-10H2,1-4H3,(H,15,18)(H,16,17);10,13-14H,4-9H2,1-3H3,(H,15,16);10H,6-9H2,1-5H3,(H,14,15);5-8H2,1-4H3. The molecule has 14 nitrogen and oxygen atoms in total. The number of likely N-dealkylation sites (N-methyl/N-ethyl adjacent to an activating group) is 1. The molecule has 6 N–H and O–H groups in total. The van der Waals surface area contributed by atoms with Crippen molar-refractivity contribution in [2.45, 2.75) is 198 Å². The number of carbonyl (C=O) groups is 4. The maximum atomic E-state index is 11.4. The molecule has 0 rings (SSSR count). The third-order valence-corrected chi connectivity index (χ3v) is 9.16. The van der Waals surface area contributed by atoms with E-state index in [9.17, 15) is 19.2 Å². The number of rotatable bonds is 27. The van der Waals surface area contributed by atoms with Crippen molar-refractivity contribution < 1.29 is 53.8 Å².